The SMILES string of the molecule is CC(C)Oc1ccc(C(C)(C)c2ccc(Oc3ccc(C(=O)c4ccc(C(C)(C)C)c(S(=O)(=O)O)c4)cc3S(=O)(=O)O)c(S(=O)(=O)O)c2)cc1S(=O)(=O)O. The fraction of sp³-hybridized carbons (Fsp3) is 0.286. The summed E-state index contributed by atoms with van der Waals surface area (Å²) >= 11 is 0. The molecular formula is C35H38O15S4. The van der Waals surface area contributed by atoms with Gasteiger partial charge in [0.2, 0.25) is 0 Å². The molecule has 0 aliphatic carbocycles. The van der Waals surface area contributed by atoms with Crippen molar-refractivity contribution in [3.05, 3.63) is 101 Å². The Bertz CT molecular complexity index is 2600. The lowest BCUT2D eigenvalue weighted by Gasteiger charge is -2.28. The van der Waals surface area contributed by atoms with E-state index in [0.717, 1.165) is 36.4 Å². The number of carbonyl (C=O) groups excluding carboxylic acids is 1. The highest BCUT2D eigenvalue weighted by Crippen LogP contribution is 2.40. The number of ketones is 1. The third-order valence-electron chi connectivity index (χ3n) is 8.28. The molecule has 0 saturated carbocycles. The Morgan fingerprint density at radius 2 is 0.907 bits per heavy atom. The Morgan fingerprint density at radius 1 is 0.537 bits per heavy atom. The van der Waals surface area contributed by atoms with Gasteiger partial charge in [-0.1, -0.05) is 58.9 Å². The predicted molar refractivity (Wildman–Crippen MR) is 195 cm³/mol. The number of hydrogen-bond acceptors (Lipinski definition) is 11. The van der Waals surface area contributed by atoms with E-state index in [9.17, 15) is 56.7 Å². The molecule has 0 amide bonds. The molecule has 0 radical (unpaired) electrons. The van der Waals surface area contributed by atoms with Gasteiger partial charge in [-0.15, -0.1) is 0 Å². The summed E-state index contributed by atoms with van der Waals surface area (Å²) in [6, 6.07) is 13.6. The second-order valence-electron chi connectivity index (χ2n) is 14.1. The molecule has 0 atom stereocenters. The molecule has 0 aromatic heterocycles. The van der Waals surface area contributed by atoms with E-state index in [1.165, 1.54) is 30.3 Å². The van der Waals surface area contributed by atoms with Gasteiger partial charge in [0, 0.05) is 16.5 Å². The quantitative estimate of drug-likeness (QED) is 0.0929. The van der Waals surface area contributed by atoms with E-state index < -0.39 is 94.3 Å². The average molecular weight is 827 g/mol. The van der Waals surface area contributed by atoms with E-state index in [4.69, 9.17) is 9.47 Å². The average Bonchev–Trinajstić information content (AvgIpc) is 3.02. The zero-order valence-corrected chi connectivity index (χ0v) is 33.2. The van der Waals surface area contributed by atoms with Crippen LogP contribution in [0.4, 0.5) is 0 Å². The minimum atomic E-state index is -5.20. The highest BCUT2D eigenvalue weighted by molar-refractivity contribution is 7.86. The van der Waals surface area contributed by atoms with Crippen LogP contribution in [0.1, 0.15) is 81.1 Å². The molecule has 0 unspecified atom stereocenters. The van der Waals surface area contributed by atoms with E-state index in [0.29, 0.717) is 6.07 Å². The Morgan fingerprint density at radius 3 is 1.33 bits per heavy atom. The van der Waals surface area contributed by atoms with Gasteiger partial charge in [-0.05, 0) is 84.5 Å². The fourth-order valence-corrected chi connectivity index (χ4v) is 8.37. The number of carbonyl (C=O) groups is 1. The molecule has 4 aromatic rings. The van der Waals surface area contributed by atoms with Gasteiger partial charge >= 0.3 is 0 Å². The largest absolute Gasteiger partial charge is 0.490 e. The van der Waals surface area contributed by atoms with Crippen molar-refractivity contribution < 1.29 is 66.2 Å². The number of ether oxygens (including phenoxy) is 2. The maximum absolute atomic E-state index is 13.5. The van der Waals surface area contributed by atoms with Crippen LogP contribution in [0.3, 0.4) is 0 Å². The minimum Gasteiger partial charge on any atom is -0.490 e. The van der Waals surface area contributed by atoms with Crippen LogP contribution >= 0.6 is 0 Å². The van der Waals surface area contributed by atoms with Crippen molar-refractivity contribution in [1.82, 2.24) is 0 Å². The van der Waals surface area contributed by atoms with Crippen LogP contribution < -0.4 is 9.47 Å². The van der Waals surface area contributed by atoms with Crippen LogP contribution in [-0.4, -0.2) is 63.8 Å². The number of rotatable bonds is 12. The Labute approximate surface area is 314 Å². The maximum Gasteiger partial charge on any atom is 0.298 e. The Kier molecular flexibility index (Phi) is 11.4. The zero-order valence-electron chi connectivity index (χ0n) is 29.9. The maximum atomic E-state index is 13.5. The molecule has 0 aliphatic heterocycles. The second kappa shape index (κ2) is 14.5. The molecule has 292 valence electrons. The van der Waals surface area contributed by atoms with Gasteiger partial charge in [0.05, 0.1) is 11.0 Å². The van der Waals surface area contributed by atoms with Crippen LogP contribution in [-0.2, 0) is 51.3 Å². The van der Waals surface area contributed by atoms with Crippen molar-refractivity contribution in [2.24, 2.45) is 0 Å². The summed E-state index contributed by atoms with van der Waals surface area (Å²) < 4.78 is 150. The Hall–Kier alpha value is -4.21. The van der Waals surface area contributed by atoms with Crippen molar-refractivity contribution >= 4 is 46.3 Å². The Balaban J connectivity index is 1.81. The highest BCUT2D eigenvalue weighted by Gasteiger charge is 2.31. The number of hydrogen-bond donors (Lipinski definition) is 4. The van der Waals surface area contributed by atoms with E-state index >= 15 is 0 Å². The molecule has 0 heterocycles. The molecule has 54 heavy (non-hydrogen) atoms. The van der Waals surface area contributed by atoms with E-state index in [2.05, 4.69) is 0 Å². The van der Waals surface area contributed by atoms with Crippen LogP contribution in [0, 0.1) is 0 Å². The first-order valence-corrected chi connectivity index (χ1v) is 21.5. The molecular weight excluding hydrogens is 789 g/mol. The molecule has 4 aromatic carbocycles. The van der Waals surface area contributed by atoms with Crippen molar-refractivity contribution in [3.63, 3.8) is 0 Å². The molecule has 19 heteroatoms. The third-order valence-corrected chi connectivity index (χ3v) is 11.8. The van der Waals surface area contributed by atoms with Crippen LogP contribution in [0.15, 0.2) is 92.4 Å². The number of benzene rings is 4. The van der Waals surface area contributed by atoms with Crippen molar-refractivity contribution in [2.75, 3.05) is 0 Å². The topological polar surface area (TPSA) is 253 Å². The van der Waals surface area contributed by atoms with Crippen molar-refractivity contribution in [3.8, 4) is 17.2 Å². The zero-order chi connectivity index (χ0) is 41.0. The summed E-state index contributed by atoms with van der Waals surface area (Å²) in [5.41, 5.74) is -1.96. The van der Waals surface area contributed by atoms with E-state index in [1.807, 2.05) is 0 Å². The van der Waals surface area contributed by atoms with Gasteiger partial charge in [-0.25, -0.2) is 0 Å². The fourth-order valence-electron chi connectivity index (χ4n) is 5.52. The van der Waals surface area contributed by atoms with E-state index in [1.54, 1.807) is 48.5 Å². The van der Waals surface area contributed by atoms with Gasteiger partial charge < -0.3 is 9.47 Å². The summed E-state index contributed by atoms with van der Waals surface area (Å²) in [5, 5.41) is 0. The summed E-state index contributed by atoms with van der Waals surface area (Å²) in [5.74, 6) is -2.33. The summed E-state index contributed by atoms with van der Waals surface area (Å²) in [4.78, 5) is 10.5. The summed E-state index contributed by atoms with van der Waals surface area (Å²) in [6.07, 6.45) is -0.445. The van der Waals surface area contributed by atoms with Crippen LogP contribution in [0.2, 0.25) is 0 Å². The molecule has 0 fully saturated rings. The standard InChI is InChI=1S/C35H38O15S4/c1-20(2)49-26-14-10-23(18-31(26)53(43,44)45)35(6,7)24-11-15-28(32(19-24)54(46,47)48)50-27-13-9-22(17-30(27)52(40,41)42)33(36)21-8-12-25(34(3,4)5)29(16-21)51(37,38)39/h8-20H,1-7H3,(H,37,38,39)(H,40,41,42)(H,43,44,45)(H,46,47,48). The molecule has 0 bridgehead atoms. The molecule has 4 N–H and O–H groups in total. The lowest BCUT2D eigenvalue weighted by atomic mass is 9.78. The molecule has 15 nitrogen and oxygen atoms in total. The molecule has 0 aliphatic rings. The smallest absolute Gasteiger partial charge is 0.298 e. The third kappa shape index (κ3) is 9.35. The lowest BCUT2D eigenvalue weighted by Crippen LogP contribution is -2.21. The predicted octanol–water partition coefficient (Wildman–Crippen LogP) is 6.11. The molecule has 0 saturated heterocycles. The highest BCUT2D eigenvalue weighted by atomic mass is 32.2. The first-order valence-electron chi connectivity index (χ1n) is 15.8. The monoisotopic (exact) mass is 826 g/mol. The molecule has 4 rings (SSSR count). The van der Waals surface area contributed by atoms with Gasteiger partial charge in [0.25, 0.3) is 40.5 Å². The minimum absolute atomic E-state index is 0.127. The van der Waals surface area contributed by atoms with Crippen LogP contribution in [0.25, 0.3) is 0 Å². The van der Waals surface area contributed by atoms with Gasteiger partial charge in [-0.3, -0.25) is 23.0 Å². The lowest BCUT2D eigenvalue weighted by molar-refractivity contribution is 0.103. The van der Waals surface area contributed by atoms with Crippen molar-refractivity contribution in [2.45, 2.75) is 85.0 Å². The van der Waals surface area contributed by atoms with Gasteiger partial charge in [0.15, 0.2) is 5.78 Å². The van der Waals surface area contributed by atoms with Crippen LogP contribution in [0.5, 0.6) is 17.2 Å². The van der Waals surface area contributed by atoms with Crippen molar-refractivity contribution in [1.29, 1.82) is 0 Å². The van der Waals surface area contributed by atoms with Gasteiger partial charge in [0.1, 0.15) is 31.9 Å². The molecule has 0 spiro atoms. The van der Waals surface area contributed by atoms with Gasteiger partial charge in [-0.2, -0.15) is 33.7 Å². The first-order chi connectivity index (χ1) is 24.4. The summed E-state index contributed by atoms with van der Waals surface area (Å²) in [6.45, 7) is 11.5. The normalized spacial score (nSPS) is 13.2. The van der Waals surface area contributed by atoms with E-state index in [-0.39, 0.29) is 33.6 Å². The summed E-state index contributed by atoms with van der Waals surface area (Å²) in [7, 11) is -19.9. The first kappa shape index (κ1) is 42.5. The second-order valence-corrected chi connectivity index (χ2v) is 19.6.